The molecule has 0 fully saturated rings. The lowest BCUT2D eigenvalue weighted by Gasteiger charge is -2.35. The van der Waals surface area contributed by atoms with Gasteiger partial charge in [0.25, 0.3) is 0 Å². The zero-order valence-electron chi connectivity index (χ0n) is 15.6. The number of benzene rings is 1. The highest BCUT2D eigenvalue weighted by molar-refractivity contribution is 6.00. The van der Waals surface area contributed by atoms with E-state index in [2.05, 4.69) is 39.9 Å². The first kappa shape index (κ1) is 19.5. The van der Waals surface area contributed by atoms with Gasteiger partial charge in [-0.2, -0.15) is 0 Å². The molecular weight excluding hydrogens is 288 g/mol. The van der Waals surface area contributed by atoms with Crippen LogP contribution in [0.1, 0.15) is 65.2 Å². The molecule has 1 aromatic rings. The number of nitrogens with one attached hydrogen (secondary N) is 1. The van der Waals surface area contributed by atoms with E-state index in [1.807, 2.05) is 13.8 Å². The van der Waals surface area contributed by atoms with Crippen molar-refractivity contribution >= 4 is 11.5 Å². The summed E-state index contributed by atoms with van der Waals surface area (Å²) in [4.78, 5) is 12.7. The van der Waals surface area contributed by atoms with Crippen LogP contribution in [0.25, 0.3) is 0 Å². The number of anilines is 1. The van der Waals surface area contributed by atoms with E-state index in [-0.39, 0.29) is 22.8 Å². The predicted molar refractivity (Wildman–Crippen MR) is 97.1 cm³/mol. The summed E-state index contributed by atoms with van der Waals surface area (Å²) in [6.07, 6.45) is 0.975. The molecule has 0 spiro atoms. The van der Waals surface area contributed by atoms with Gasteiger partial charge in [-0.3, -0.25) is 4.79 Å². The fourth-order valence-electron chi connectivity index (χ4n) is 3.27. The predicted octanol–water partition coefficient (Wildman–Crippen LogP) is 4.04. The van der Waals surface area contributed by atoms with Gasteiger partial charge in [-0.05, 0) is 57.7 Å². The van der Waals surface area contributed by atoms with Gasteiger partial charge in [0, 0.05) is 11.1 Å². The lowest BCUT2D eigenvalue weighted by Crippen LogP contribution is -2.49. The minimum Gasteiger partial charge on any atom is -0.492 e. The van der Waals surface area contributed by atoms with E-state index in [0.29, 0.717) is 23.6 Å². The van der Waals surface area contributed by atoms with Crippen LogP contribution in [0.2, 0.25) is 0 Å². The second-order valence-corrected chi connectivity index (χ2v) is 8.04. The number of Topliss-reactive ketones (excluding diaryl/α,β-unsaturated/α-hetero) is 1. The number of nitrogens with two attached hydrogens (primary N) is 1. The molecule has 0 aliphatic rings. The molecule has 0 saturated carbocycles. The summed E-state index contributed by atoms with van der Waals surface area (Å²) in [6.45, 7) is 15.2. The Bertz CT molecular complexity index is 545. The van der Waals surface area contributed by atoms with E-state index in [0.717, 1.165) is 6.42 Å². The summed E-state index contributed by atoms with van der Waals surface area (Å²) in [5, 5.41) is 3.45. The maximum Gasteiger partial charge on any atom is 0.179 e. The number of rotatable bonds is 7. The number of carbonyl (C=O) groups is 1. The summed E-state index contributed by atoms with van der Waals surface area (Å²) in [5.74, 6) is 0.666. The summed E-state index contributed by atoms with van der Waals surface area (Å²) in [7, 11) is 0. The van der Waals surface area contributed by atoms with Gasteiger partial charge in [-0.1, -0.05) is 20.8 Å². The monoisotopic (exact) mass is 320 g/mol. The number of hydrogen-bond donors (Lipinski definition) is 2. The van der Waals surface area contributed by atoms with Gasteiger partial charge in [-0.15, -0.1) is 0 Å². The van der Waals surface area contributed by atoms with Gasteiger partial charge in [0.1, 0.15) is 5.75 Å². The van der Waals surface area contributed by atoms with E-state index in [1.54, 1.807) is 18.2 Å². The zero-order chi connectivity index (χ0) is 17.8. The first-order valence-corrected chi connectivity index (χ1v) is 8.29. The Labute approximate surface area is 140 Å². The summed E-state index contributed by atoms with van der Waals surface area (Å²) < 4.78 is 5.42. The van der Waals surface area contributed by atoms with Crippen LogP contribution in [0.5, 0.6) is 5.75 Å². The third-order valence-corrected chi connectivity index (χ3v) is 3.57. The largest absolute Gasteiger partial charge is 0.492 e. The van der Waals surface area contributed by atoms with Crippen LogP contribution < -0.4 is 15.8 Å². The Morgan fingerprint density at radius 1 is 1.26 bits per heavy atom. The lowest BCUT2D eigenvalue weighted by atomic mass is 9.81. The van der Waals surface area contributed by atoms with Crippen molar-refractivity contribution in [2.75, 3.05) is 12.3 Å². The third-order valence-electron chi connectivity index (χ3n) is 3.57. The highest BCUT2D eigenvalue weighted by Crippen LogP contribution is 2.28. The van der Waals surface area contributed by atoms with Crippen LogP contribution in [0.4, 0.5) is 5.69 Å². The van der Waals surface area contributed by atoms with Gasteiger partial charge in [0.05, 0.1) is 18.3 Å². The molecule has 3 N–H and O–H groups in total. The van der Waals surface area contributed by atoms with Crippen molar-refractivity contribution in [1.29, 1.82) is 0 Å². The summed E-state index contributed by atoms with van der Waals surface area (Å²) >= 11 is 0. The van der Waals surface area contributed by atoms with Crippen molar-refractivity contribution in [2.45, 2.75) is 66.5 Å². The standard InChI is InChI=1S/C19H32N2O2/c1-8-23-16-10-9-14(11-15(16)20)17(22)13(2)21-19(6,7)12-18(3,4)5/h9-11,13,21H,8,12,20H2,1-7H3. The van der Waals surface area contributed by atoms with E-state index < -0.39 is 0 Å². The van der Waals surface area contributed by atoms with Gasteiger partial charge >= 0.3 is 0 Å². The number of carbonyl (C=O) groups excluding carboxylic acids is 1. The van der Waals surface area contributed by atoms with Crippen LogP contribution in [0, 0.1) is 5.41 Å². The molecule has 0 heterocycles. The topological polar surface area (TPSA) is 64.3 Å². The molecule has 23 heavy (non-hydrogen) atoms. The smallest absolute Gasteiger partial charge is 0.179 e. The number of ketones is 1. The molecule has 1 unspecified atom stereocenters. The number of ether oxygens (including phenoxy) is 1. The maximum absolute atomic E-state index is 12.7. The Hall–Kier alpha value is -1.55. The maximum atomic E-state index is 12.7. The Balaban J connectivity index is 2.82. The molecule has 0 saturated heterocycles. The molecule has 0 aromatic heterocycles. The second-order valence-electron chi connectivity index (χ2n) is 8.04. The lowest BCUT2D eigenvalue weighted by molar-refractivity contribution is 0.0921. The average molecular weight is 320 g/mol. The van der Waals surface area contributed by atoms with Crippen molar-refractivity contribution in [3.63, 3.8) is 0 Å². The van der Waals surface area contributed by atoms with Crippen LogP contribution in [0.3, 0.4) is 0 Å². The normalized spacial score (nSPS) is 13.7. The molecule has 130 valence electrons. The first-order chi connectivity index (χ1) is 10.4. The molecular formula is C19H32N2O2. The third kappa shape index (κ3) is 6.22. The van der Waals surface area contributed by atoms with E-state index in [9.17, 15) is 4.79 Å². The zero-order valence-corrected chi connectivity index (χ0v) is 15.6. The van der Waals surface area contributed by atoms with Gasteiger partial charge in [0.2, 0.25) is 0 Å². The van der Waals surface area contributed by atoms with Crippen LogP contribution >= 0.6 is 0 Å². The molecule has 0 bridgehead atoms. The van der Waals surface area contributed by atoms with Crippen molar-refractivity contribution in [1.82, 2.24) is 5.32 Å². The highest BCUT2D eigenvalue weighted by atomic mass is 16.5. The Morgan fingerprint density at radius 3 is 2.35 bits per heavy atom. The molecule has 1 rings (SSSR count). The SMILES string of the molecule is CCOc1ccc(C(=O)C(C)NC(C)(C)CC(C)(C)C)cc1N. The van der Waals surface area contributed by atoms with E-state index in [4.69, 9.17) is 10.5 Å². The summed E-state index contributed by atoms with van der Waals surface area (Å²) in [6, 6.07) is 4.96. The molecule has 0 aliphatic carbocycles. The van der Waals surface area contributed by atoms with Crippen molar-refractivity contribution < 1.29 is 9.53 Å². The van der Waals surface area contributed by atoms with Crippen molar-refractivity contribution in [2.24, 2.45) is 5.41 Å². The first-order valence-electron chi connectivity index (χ1n) is 8.29. The highest BCUT2D eigenvalue weighted by Gasteiger charge is 2.29. The fraction of sp³-hybridized carbons (Fsp3) is 0.632. The summed E-state index contributed by atoms with van der Waals surface area (Å²) in [5.41, 5.74) is 7.14. The number of hydrogen-bond acceptors (Lipinski definition) is 4. The van der Waals surface area contributed by atoms with Gasteiger partial charge in [0.15, 0.2) is 5.78 Å². The molecule has 0 amide bonds. The molecule has 0 radical (unpaired) electrons. The fourth-order valence-corrected chi connectivity index (χ4v) is 3.27. The minimum atomic E-state index is -0.273. The van der Waals surface area contributed by atoms with E-state index in [1.165, 1.54) is 0 Å². The Morgan fingerprint density at radius 2 is 1.87 bits per heavy atom. The molecule has 1 aromatic carbocycles. The van der Waals surface area contributed by atoms with Crippen molar-refractivity contribution in [3.8, 4) is 5.75 Å². The second kappa shape index (κ2) is 7.35. The van der Waals surface area contributed by atoms with Crippen LogP contribution in [0.15, 0.2) is 18.2 Å². The molecule has 1 atom stereocenters. The molecule has 0 aliphatic heterocycles. The Kier molecular flexibility index (Phi) is 6.23. The van der Waals surface area contributed by atoms with E-state index >= 15 is 0 Å². The van der Waals surface area contributed by atoms with Gasteiger partial charge < -0.3 is 15.8 Å². The average Bonchev–Trinajstić information content (AvgIpc) is 2.36. The minimum absolute atomic E-state index is 0.0433. The van der Waals surface area contributed by atoms with Crippen LogP contribution in [-0.2, 0) is 0 Å². The van der Waals surface area contributed by atoms with Gasteiger partial charge in [-0.25, -0.2) is 0 Å². The number of nitrogen functional groups attached to an aromatic ring is 1. The molecule has 4 heteroatoms. The molecule has 4 nitrogen and oxygen atoms in total. The van der Waals surface area contributed by atoms with Crippen LogP contribution in [-0.4, -0.2) is 24.0 Å². The quantitative estimate of drug-likeness (QED) is 0.588. The van der Waals surface area contributed by atoms with Crippen molar-refractivity contribution in [3.05, 3.63) is 23.8 Å².